The molecule has 1 unspecified atom stereocenters. The van der Waals surface area contributed by atoms with E-state index in [-0.39, 0.29) is 12.3 Å². The van der Waals surface area contributed by atoms with Crippen LogP contribution in [0.2, 0.25) is 0 Å². The molecule has 3 aromatic rings. The Morgan fingerprint density at radius 2 is 1.93 bits per heavy atom. The molecule has 0 bridgehead atoms. The van der Waals surface area contributed by atoms with E-state index >= 15 is 0 Å². The van der Waals surface area contributed by atoms with Crippen molar-refractivity contribution in [2.24, 2.45) is 0 Å². The van der Waals surface area contributed by atoms with Crippen molar-refractivity contribution in [3.63, 3.8) is 0 Å². The van der Waals surface area contributed by atoms with E-state index in [0.29, 0.717) is 22.8 Å². The van der Waals surface area contributed by atoms with E-state index < -0.39 is 17.9 Å². The van der Waals surface area contributed by atoms with Gasteiger partial charge in [0, 0.05) is 24.0 Å². The highest BCUT2D eigenvalue weighted by molar-refractivity contribution is 5.94. The number of nitrogens with zero attached hydrogens (tertiary/aromatic N) is 2. The van der Waals surface area contributed by atoms with Gasteiger partial charge < -0.3 is 14.0 Å². The molecule has 1 aromatic carbocycles. The first-order valence-corrected chi connectivity index (χ1v) is 8.06. The van der Waals surface area contributed by atoms with Crippen LogP contribution in [-0.2, 0) is 4.79 Å². The Morgan fingerprint density at radius 1 is 1.07 bits per heavy atom. The van der Waals surface area contributed by atoms with Gasteiger partial charge in [0.15, 0.2) is 23.0 Å². The number of pyridine rings is 1. The standard InChI is InChI=1S/C18H14N4O5/c23-17(12-8-15(27-22-12)11-4-3-7-19-9-11)20-21-18(24)16-10-25-13-5-1-2-6-14(13)26-16/h1-9,16H,10H2,(H,20,23)(H,21,24). The third-order valence-electron chi connectivity index (χ3n) is 3.79. The molecule has 9 nitrogen and oxygen atoms in total. The number of hydrogen-bond acceptors (Lipinski definition) is 7. The van der Waals surface area contributed by atoms with Crippen molar-refractivity contribution in [2.75, 3.05) is 6.61 Å². The minimum Gasteiger partial charge on any atom is -0.485 e. The largest absolute Gasteiger partial charge is 0.485 e. The first kappa shape index (κ1) is 16.6. The summed E-state index contributed by atoms with van der Waals surface area (Å²) in [6.07, 6.45) is 2.32. The molecule has 0 spiro atoms. The number of carbonyl (C=O) groups excluding carboxylic acids is 2. The second kappa shape index (κ2) is 7.16. The van der Waals surface area contributed by atoms with Crippen LogP contribution in [0.25, 0.3) is 11.3 Å². The van der Waals surface area contributed by atoms with Crippen molar-refractivity contribution < 1.29 is 23.6 Å². The maximum Gasteiger partial charge on any atom is 0.291 e. The molecule has 3 heterocycles. The first-order chi connectivity index (χ1) is 13.2. The summed E-state index contributed by atoms with van der Waals surface area (Å²) in [4.78, 5) is 28.3. The lowest BCUT2D eigenvalue weighted by atomic mass is 10.2. The van der Waals surface area contributed by atoms with Gasteiger partial charge >= 0.3 is 0 Å². The van der Waals surface area contributed by atoms with Gasteiger partial charge in [0.2, 0.25) is 6.10 Å². The number of amides is 2. The quantitative estimate of drug-likeness (QED) is 0.672. The Bertz CT molecular complexity index is 973. The molecule has 1 atom stereocenters. The summed E-state index contributed by atoms with van der Waals surface area (Å²) in [6, 6.07) is 12.0. The smallest absolute Gasteiger partial charge is 0.291 e. The van der Waals surface area contributed by atoms with Gasteiger partial charge in [0.1, 0.15) is 6.61 Å². The van der Waals surface area contributed by atoms with Gasteiger partial charge in [0.25, 0.3) is 11.8 Å². The SMILES string of the molecule is O=C(NNC(=O)C1COc2ccccc2O1)c1cc(-c2cccnc2)on1. The van der Waals surface area contributed by atoms with Gasteiger partial charge in [-0.2, -0.15) is 0 Å². The average Bonchev–Trinajstić information content (AvgIpc) is 3.22. The van der Waals surface area contributed by atoms with Crippen molar-refractivity contribution in [1.82, 2.24) is 21.0 Å². The number of aromatic nitrogens is 2. The predicted octanol–water partition coefficient (Wildman–Crippen LogP) is 1.34. The number of benzene rings is 1. The van der Waals surface area contributed by atoms with Gasteiger partial charge in [-0.15, -0.1) is 0 Å². The van der Waals surface area contributed by atoms with Crippen LogP contribution < -0.4 is 20.3 Å². The summed E-state index contributed by atoms with van der Waals surface area (Å²) in [6.45, 7) is 0.0355. The Hall–Kier alpha value is -3.88. The monoisotopic (exact) mass is 366 g/mol. The van der Waals surface area contributed by atoms with E-state index in [2.05, 4.69) is 21.0 Å². The van der Waals surface area contributed by atoms with Crippen LogP contribution in [0.4, 0.5) is 0 Å². The predicted molar refractivity (Wildman–Crippen MR) is 91.7 cm³/mol. The molecular weight excluding hydrogens is 352 g/mol. The van der Waals surface area contributed by atoms with Crippen molar-refractivity contribution in [2.45, 2.75) is 6.10 Å². The molecule has 1 aliphatic heterocycles. The average molecular weight is 366 g/mol. The molecule has 0 fully saturated rings. The highest BCUT2D eigenvalue weighted by Crippen LogP contribution is 2.30. The molecule has 4 rings (SSSR count). The van der Waals surface area contributed by atoms with E-state index in [1.54, 1.807) is 48.8 Å². The van der Waals surface area contributed by atoms with Gasteiger partial charge in [-0.3, -0.25) is 25.4 Å². The summed E-state index contributed by atoms with van der Waals surface area (Å²) in [5, 5.41) is 3.69. The number of ether oxygens (including phenoxy) is 2. The highest BCUT2D eigenvalue weighted by atomic mass is 16.6. The molecule has 0 saturated heterocycles. The van der Waals surface area contributed by atoms with Crippen LogP contribution >= 0.6 is 0 Å². The number of fused-ring (bicyclic) bond motifs is 1. The number of para-hydroxylation sites is 2. The maximum atomic E-state index is 12.2. The zero-order valence-electron chi connectivity index (χ0n) is 13.9. The van der Waals surface area contributed by atoms with Crippen LogP contribution in [0.3, 0.4) is 0 Å². The van der Waals surface area contributed by atoms with E-state index in [4.69, 9.17) is 14.0 Å². The van der Waals surface area contributed by atoms with Crippen LogP contribution in [0.1, 0.15) is 10.5 Å². The topological polar surface area (TPSA) is 116 Å². The Kier molecular flexibility index (Phi) is 4.40. The molecule has 2 amide bonds. The fourth-order valence-corrected chi connectivity index (χ4v) is 2.44. The van der Waals surface area contributed by atoms with Gasteiger partial charge in [0.05, 0.1) is 0 Å². The third kappa shape index (κ3) is 3.56. The molecule has 9 heteroatoms. The number of rotatable bonds is 3. The van der Waals surface area contributed by atoms with E-state index in [1.807, 2.05) is 0 Å². The number of hydrazine groups is 1. The van der Waals surface area contributed by atoms with Crippen molar-refractivity contribution in [1.29, 1.82) is 0 Å². The Balaban J connectivity index is 1.34. The Morgan fingerprint density at radius 3 is 2.74 bits per heavy atom. The van der Waals surface area contributed by atoms with E-state index in [0.717, 1.165) is 0 Å². The van der Waals surface area contributed by atoms with Crippen LogP contribution in [-0.4, -0.2) is 34.7 Å². The lowest BCUT2D eigenvalue weighted by Gasteiger charge is -2.25. The minimum atomic E-state index is -0.886. The summed E-state index contributed by atoms with van der Waals surface area (Å²) in [5.74, 6) is 0.248. The molecule has 27 heavy (non-hydrogen) atoms. The van der Waals surface area contributed by atoms with Crippen LogP contribution in [0.5, 0.6) is 11.5 Å². The third-order valence-corrected chi connectivity index (χ3v) is 3.79. The maximum absolute atomic E-state index is 12.2. The fourth-order valence-electron chi connectivity index (χ4n) is 2.44. The summed E-state index contributed by atoms with van der Waals surface area (Å²) < 4.78 is 16.2. The number of hydrogen-bond donors (Lipinski definition) is 2. The second-order valence-electron chi connectivity index (χ2n) is 5.63. The van der Waals surface area contributed by atoms with Crippen molar-refractivity contribution >= 4 is 11.8 Å². The minimum absolute atomic E-state index is 0.0142. The first-order valence-electron chi connectivity index (χ1n) is 8.06. The lowest BCUT2D eigenvalue weighted by molar-refractivity contribution is -0.131. The lowest BCUT2D eigenvalue weighted by Crippen LogP contribution is -2.50. The fraction of sp³-hybridized carbons (Fsp3) is 0.111. The Labute approximate surface area is 153 Å². The molecule has 0 aliphatic carbocycles. The summed E-state index contributed by atoms with van der Waals surface area (Å²) in [5.41, 5.74) is 5.26. The van der Waals surface area contributed by atoms with Crippen molar-refractivity contribution in [3.8, 4) is 22.8 Å². The number of nitrogens with one attached hydrogen (secondary N) is 2. The van der Waals surface area contributed by atoms with Gasteiger partial charge in [-0.1, -0.05) is 17.3 Å². The zero-order chi connectivity index (χ0) is 18.6. The molecule has 2 N–H and O–H groups in total. The molecule has 2 aromatic heterocycles. The summed E-state index contributed by atoms with van der Waals surface area (Å²) in [7, 11) is 0. The molecule has 136 valence electrons. The van der Waals surface area contributed by atoms with Crippen LogP contribution in [0.15, 0.2) is 59.4 Å². The second-order valence-corrected chi connectivity index (χ2v) is 5.63. The van der Waals surface area contributed by atoms with Gasteiger partial charge in [-0.25, -0.2) is 0 Å². The van der Waals surface area contributed by atoms with E-state index in [1.165, 1.54) is 6.07 Å². The molecule has 0 radical (unpaired) electrons. The highest BCUT2D eigenvalue weighted by Gasteiger charge is 2.27. The normalized spacial score (nSPS) is 15.0. The van der Waals surface area contributed by atoms with Crippen molar-refractivity contribution in [3.05, 3.63) is 60.6 Å². The molecule has 1 aliphatic rings. The summed E-state index contributed by atoms with van der Waals surface area (Å²) >= 11 is 0. The number of carbonyl (C=O) groups is 2. The molecule has 0 saturated carbocycles. The van der Waals surface area contributed by atoms with Crippen LogP contribution in [0, 0.1) is 0 Å². The molecular formula is C18H14N4O5. The zero-order valence-corrected chi connectivity index (χ0v) is 13.9. The van der Waals surface area contributed by atoms with Gasteiger partial charge in [-0.05, 0) is 24.3 Å². The van der Waals surface area contributed by atoms with E-state index in [9.17, 15) is 9.59 Å².